The van der Waals surface area contributed by atoms with Gasteiger partial charge in [-0.25, -0.2) is 4.98 Å². The molecular formula is C8H9N3OS. The van der Waals surface area contributed by atoms with Crippen LogP contribution in [0, 0.1) is 0 Å². The fourth-order valence-electron chi connectivity index (χ4n) is 1.02. The van der Waals surface area contributed by atoms with Crippen LogP contribution >= 0.6 is 11.3 Å². The molecule has 0 aliphatic rings. The van der Waals surface area contributed by atoms with Crippen molar-refractivity contribution >= 4 is 16.5 Å². The van der Waals surface area contributed by atoms with Gasteiger partial charge in [0.1, 0.15) is 5.69 Å². The van der Waals surface area contributed by atoms with Gasteiger partial charge in [-0.3, -0.25) is 0 Å². The number of nitrogen functional groups attached to an aromatic ring is 1. The summed E-state index contributed by atoms with van der Waals surface area (Å²) in [5, 5.41) is 2.40. The Hall–Kier alpha value is -1.33. The number of anilines is 1. The molecule has 5 heteroatoms. The molecule has 0 bridgehead atoms. The van der Waals surface area contributed by atoms with Crippen LogP contribution in [0.3, 0.4) is 0 Å². The average Bonchev–Trinajstić information content (AvgIpc) is 2.71. The Labute approximate surface area is 79.2 Å². The lowest BCUT2D eigenvalue weighted by Crippen LogP contribution is -1.92. The maximum absolute atomic E-state index is 5.50. The van der Waals surface area contributed by atoms with Gasteiger partial charge < -0.3 is 15.9 Å². The van der Waals surface area contributed by atoms with E-state index in [2.05, 4.69) is 4.98 Å². The Kier molecular flexibility index (Phi) is 2.03. The monoisotopic (exact) mass is 195 g/mol. The van der Waals surface area contributed by atoms with E-state index >= 15 is 0 Å². The minimum Gasteiger partial charge on any atom is -0.462 e. The summed E-state index contributed by atoms with van der Waals surface area (Å²) >= 11 is 1.39. The van der Waals surface area contributed by atoms with Gasteiger partial charge in [-0.05, 0) is 6.07 Å². The van der Waals surface area contributed by atoms with Gasteiger partial charge >= 0.3 is 0 Å². The SMILES string of the molecule is NCc1coc(-c2csc(N)n2)c1. The topological polar surface area (TPSA) is 78.1 Å². The summed E-state index contributed by atoms with van der Waals surface area (Å²) in [5.74, 6) is 0.716. The van der Waals surface area contributed by atoms with Crippen LogP contribution in [-0.4, -0.2) is 4.98 Å². The summed E-state index contributed by atoms with van der Waals surface area (Å²) in [4.78, 5) is 4.09. The Bertz CT molecular complexity index is 407. The summed E-state index contributed by atoms with van der Waals surface area (Å²) in [5.41, 5.74) is 12.7. The van der Waals surface area contributed by atoms with E-state index in [9.17, 15) is 0 Å². The molecule has 0 saturated heterocycles. The number of thiazole rings is 1. The largest absolute Gasteiger partial charge is 0.462 e. The predicted molar refractivity (Wildman–Crippen MR) is 52.1 cm³/mol. The molecule has 0 spiro atoms. The van der Waals surface area contributed by atoms with Gasteiger partial charge in [-0.1, -0.05) is 0 Å². The number of hydrogen-bond donors (Lipinski definition) is 2. The maximum Gasteiger partial charge on any atom is 0.180 e. The van der Waals surface area contributed by atoms with E-state index in [1.807, 2.05) is 11.4 Å². The molecule has 4 N–H and O–H groups in total. The molecule has 0 saturated carbocycles. The van der Waals surface area contributed by atoms with Crippen molar-refractivity contribution < 1.29 is 4.42 Å². The minimum absolute atomic E-state index is 0.475. The lowest BCUT2D eigenvalue weighted by molar-refractivity contribution is 0.577. The zero-order valence-corrected chi connectivity index (χ0v) is 7.67. The number of nitrogens with two attached hydrogens (primary N) is 2. The van der Waals surface area contributed by atoms with Crippen LogP contribution in [-0.2, 0) is 6.54 Å². The van der Waals surface area contributed by atoms with E-state index in [1.54, 1.807) is 6.26 Å². The number of aromatic nitrogens is 1. The van der Waals surface area contributed by atoms with Crippen molar-refractivity contribution in [2.45, 2.75) is 6.54 Å². The molecule has 4 nitrogen and oxygen atoms in total. The van der Waals surface area contributed by atoms with Gasteiger partial charge in [0.2, 0.25) is 0 Å². The first kappa shape index (κ1) is 8.28. The van der Waals surface area contributed by atoms with Crippen LogP contribution in [0.25, 0.3) is 11.5 Å². The van der Waals surface area contributed by atoms with E-state index < -0.39 is 0 Å². The average molecular weight is 195 g/mol. The molecule has 2 aromatic heterocycles. The smallest absolute Gasteiger partial charge is 0.180 e. The first-order valence-electron chi connectivity index (χ1n) is 3.78. The molecular weight excluding hydrogens is 186 g/mol. The van der Waals surface area contributed by atoms with Crippen molar-refractivity contribution in [3.63, 3.8) is 0 Å². The molecule has 0 atom stereocenters. The second kappa shape index (κ2) is 3.20. The Balaban J connectivity index is 2.35. The van der Waals surface area contributed by atoms with Crippen molar-refractivity contribution in [3.8, 4) is 11.5 Å². The van der Waals surface area contributed by atoms with Gasteiger partial charge in [0, 0.05) is 17.5 Å². The van der Waals surface area contributed by atoms with Crippen molar-refractivity contribution in [2.24, 2.45) is 5.73 Å². The lowest BCUT2D eigenvalue weighted by Gasteiger charge is -1.85. The van der Waals surface area contributed by atoms with E-state index in [1.165, 1.54) is 11.3 Å². The fraction of sp³-hybridized carbons (Fsp3) is 0.125. The highest BCUT2D eigenvalue weighted by atomic mass is 32.1. The molecule has 2 aromatic rings. The number of nitrogens with zero attached hydrogens (tertiary/aromatic N) is 1. The molecule has 0 aliphatic heterocycles. The van der Waals surface area contributed by atoms with Crippen molar-refractivity contribution in [1.29, 1.82) is 0 Å². The molecule has 0 fully saturated rings. The third kappa shape index (κ3) is 1.56. The standard InChI is InChI=1S/C8H9N3OS/c9-2-5-1-7(12-3-5)6-4-13-8(10)11-6/h1,3-4H,2,9H2,(H2,10,11). The number of hydrogen-bond acceptors (Lipinski definition) is 5. The van der Waals surface area contributed by atoms with Crippen LogP contribution in [0.15, 0.2) is 22.1 Å². The summed E-state index contributed by atoms with van der Waals surface area (Å²) in [6.45, 7) is 0.475. The first-order chi connectivity index (χ1) is 6.29. The van der Waals surface area contributed by atoms with E-state index in [-0.39, 0.29) is 0 Å². The third-order valence-corrected chi connectivity index (χ3v) is 2.34. The zero-order chi connectivity index (χ0) is 9.26. The summed E-state index contributed by atoms with van der Waals surface area (Å²) in [7, 11) is 0. The molecule has 0 amide bonds. The van der Waals surface area contributed by atoms with Crippen LogP contribution in [0.5, 0.6) is 0 Å². The van der Waals surface area contributed by atoms with Gasteiger partial charge in [0.05, 0.1) is 6.26 Å². The maximum atomic E-state index is 5.50. The molecule has 68 valence electrons. The summed E-state index contributed by atoms with van der Waals surface area (Å²) in [6, 6.07) is 1.87. The van der Waals surface area contributed by atoms with E-state index in [0.717, 1.165) is 11.3 Å². The third-order valence-electron chi connectivity index (χ3n) is 1.66. The predicted octanol–water partition coefficient (Wildman–Crippen LogP) is 1.44. The highest BCUT2D eigenvalue weighted by molar-refractivity contribution is 7.13. The van der Waals surface area contributed by atoms with Crippen molar-refractivity contribution in [2.75, 3.05) is 5.73 Å². The van der Waals surface area contributed by atoms with Gasteiger partial charge in [-0.15, -0.1) is 11.3 Å². The van der Waals surface area contributed by atoms with Gasteiger partial charge in [-0.2, -0.15) is 0 Å². The zero-order valence-electron chi connectivity index (χ0n) is 6.86. The number of rotatable bonds is 2. The molecule has 0 unspecified atom stereocenters. The van der Waals surface area contributed by atoms with Crippen LogP contribution in [0.1, 0.15) is 5.56 Å². The highest BCUT2D eigenvalue weighted by Gasteiger charge is 2.06. The summed E-state index contributed by atoms with van der Waals surface area (Å²) < 4.78 is 5.26. The second-order valence-electron chi connectivity index (χ2n) is 2.59. The molecule has 0 aliphatic carbocycles. The van der Waals surface area contributed by atoms with Crippen LogP contribution in [0.4, 0.5) is 5.13 Å². The summed E-state index contributed by atoms with van der Waals surface area (Å²) in [6.07, 6.45) is 1.63. The van der Waals surface area contributed by atoms with Crippen LogP contribution in [0.2, 0.25) is 0 Å². The molecule has 2 heterocycles. The Morgan fingerprint density at radius 3 is 2.92 bits per heavy atom. The molecule has 0 aromatic carbocycles. The molecule has 2 rings (SSSR count). The Morgan fingerprint density at radius 1 is 1.54 bits per heavy atom. The van der Waals surface area contributed by atoms with Crippen molar-refractivity contribution in [1.82, 2.24) is 4.98 Å². The lowest BCUT2D eigenvalue weighted by atomic mass is 10.3. The van der Waals surface area contributed by atoms with Gasteiger partial charge in [0.25, 0.3) is 0 Å². The second-order valence-corrected chi connectivity index (χ2v) is 3.48. The molecule has 13 heavy (non-hydrogen) atoms. The minimum atomic E-state index is 0.475. The molecule has 0 radical (unpaired) electrons. The van der Waals surface area contributed by atoms with Gasteiger partial charge in [0.15, 0.2) is 10.9 Å². The fourth-order valence-corrected chi connectivity index (χ4v) is 1.57. The first-order valence-corrected chi connectivity index (χ1v) is 4.66. The Morgan fingerprint density at radius 2 is 2.38 bits per heavy atom. The van der Waals surface area contributed by atoms with Crippen molar-refractivity contribution in [3.05, 3.63) is 23.3 Å². The van der Waals surface area contributed by atoms with Crippen LogP contribution < -0.4 is 11.5 Å². The number of furan rings is 1. The quantitative estimate of drug-likeness (QED) is 0.760. The van der Waals surface area contributed by atoms with E-state index in [0.29, 0.717) is 17.4 Å². The highest BCUT2D eigenvalue weighted by Crippen LogP contribution is 2.24. The van der Waals surface area contributed by atoms with E-state index in [4.69, 9.17) is 15.9 Å². The normalized spacial score (nSPS) is 10.5.